The first-order valence-electron chi connectivity index (χ1n) is 7.75. The van der Waals surface area contributed by atoms with E-state index in [4.69, 9.17) is 11.6 Å². The highest BCUT2D eigenvalue weighted by atomic mass is 35.5. The van der Waals surface area contributed by atoms with Crippen LogP contribution in [-0.4, -0.2) is 15.5 Å². The van der Waals surface area contributed by atoms with E-state index in [-0.39, 0.29) is 18.5 Å². The van der Waals surface area contributed by atoms with Crippen LogP contribution in [-0.2, 0) is 11.3 Å². The highest BCUT2D eigenvalue weighted by molar-refractivity contribution is 6.30. The molecule has 2 aromatic carbocycles. The third kappa shape index (κ3) is 4.33. The number of halogens is 1. The molecule has 25 heavy (non-hydrogen) atoms. The van der Waals surface area contributed by atoms with E-state index in [1.165, 1.54) is 17.0 Å². The van der Waals surface area contributed by atoms with E-state index in [1.807, 2.05) is 42.5 Å². The number of hydrogen-bond acceptors (Lipinski definition) is 3. The highest BCUT2D eigenvalue weighted by Crippen LogP contribution is 2.23. The molecule has 0 aliphatic heterocycles. The zero-order chi connectivity index (χ0) is 17.6. The van der Waals surface area contributed by atoms with Crippen LogP contribution in [0.1, 0.15) is 17.2 Å². The van der Waals surface area contributed by atoms with Gasteiger partial charge in [0.15, 0.2) is 0 Å². The average molecular weight is 354 g/mol. The molecule has 126 valence electrons. The Morgan fingerprint density at radius 1 is 1.04 bits per heavy atom. The lowest BCUT2D eigenvalue weighted by atomic mass is 9.98. The lowest BCUT2D eigenvalue weighted by molar-refractivity contribution is -0.122. The van der Waals surface area contributed by atoms with Crippen molar-refractivity contribution in [3.63, 3.8) is 0 Å². The van der Waals surface area contributed by atoms with Crippen LogP contribution in [0.15, 0.2) is 77.9 Å². The second-order valence-electron chi connectivity index (χ2n) is 5.49. The molecule has 0 saturated heterocycles. The van der Waals surface area contributed by atoms with E-state index >= 15 is 0 Å². The number of carbonyl (C=O) groups is 1. The van der Waals surface area contributed by atoms with Crippen LogP contribution in [0.5, 0.6) is 0 Å². The molecule has 1 amide bonds. The standard InChI is InChI=1S/C19H16ClN3O2/c20-16-9-7-15(8-10-16)18(14-5-2-1-3-6-14)22-17(24)13-23-12-4-11-21-19(23)25/h1-12,18H,13H2,(H,22,24). The molecule has 5 nitrogen and oxygen atoms in total. The number of amides is 1. The van der Waals surface area contributed by atoms with E-state index in [0.29, 0.717) is 5.02 Å². The van der Waals surface area contributed by atoms with Gasteiger partial charge in [-0.2, -0.15) is 0 Å². The van der Waals surface area contributed by atoms with Crippen molar-refractivity contribution in [2.45, 2.75) is 12.6 Å². The van der Waals surface area contributed by atoms with E-state index in [0.717, 1.165) is 11.1 Å². The molecule has 3 rings (SSSR count). The molecular weight excluding hydrogens is 338 g/mol. The Bertz CT molecular complexity index is 908. The van der Waals surface area contributed by atoms with Gasteiger partial charge in [-0.05, 0) is 29.3 Å². The van der Waals surface area contributed by atoms with Gasteiger partial charge in [-0.25, -0.2) is 9.78 Å². The Morgan fingerprint density at radius 3 is 2.40 bits per heavy atom. The normalized spacial score (nSPS) is 11.7. The second-order valence-corrected chi connectivity index (χ2v) is 5.93. The Labute approximate surface area is 149 Å². The molecule has 0 aliphatic carbocycles. The number of nitrogens with zero attached hydrogens (tertiary/aromatic N) is 2. The van der Waals surface area contributed by atoms with Gasteiger partial charge in [0.2, 0.25) is 5.91 Å². The molecule has 0 fully saturated rings. The number of nitrogens with one attached hydrogen (secondary N) is 1. The highest BCUT2D eigenvalue weighted by Gasteiger charge is 2.17. The minimum Gasteiger partial charge on any atom is -0.344 e. The minimum atomic E-state index is -0.458. The van der Waals surface area contributed by atoms with Crippen LogP contribution in [0.4, 0.5) is 0 Å². The monoisotopic (exact) mass is 353 g/mol. The number of aromatic nitrogens is 2. The minimum absolute atomic E-state index is 0.0937. The number of rotatable bonds is 5. The van der Waals surface area contributed by atoms with Crippen molar-refractivity contribution < 1.29 is 4.79 Å². The lowest BCUT2D eigenvalue weighted by Gasteiger charge is -2.20. The summed E-state index contributed by atoms with van der Waals surface area (Å²) in [6.07, 6.45) is 2.94. The molecule has 1 N–H and O–H groups in total. The number of hydrogen-bond donors (Lipinski definition) is 1. The molecule has 0 bridgehead atoms. The predicted octanol–water partition coefficient (Wildman–Crippen LogP) is 2.80. The van der Waals surface area contributed by atoms with Gasteiger partial charge in [0.1, 0.15) is 6.54 Å². The summed E-state index contributed by atoms with van der Waals surface area (Å²) >= 11 is 5.96. The van der Waals surface area contributed by atoms with Crippen LogP contribution in [0, 0.1) is 0 Å². The van der Waals surface area contributed by atoms with E-state index < -0.39 is 5.69 Å². The van der Waals surface area contributed by atoms with Crippen molar-refractivity contribution in [2.75, 3.05) is 0 Å². The van der Waals surface area contributed by atoms with Crippen molar-refractivity contribution in [1.29, 1.82) is 0 Å². The maximum absolute atomic E-state index is 12.5. The Kier molecular flexibility index (Phi) is 5.26. The van der Waals surface area contributed by atoms with Crippen molar-refractivity contribution in [1.82, 2.24) is 14.9 Å². The Hall–Kier alpha value is -2.92. The molecule has 1 unspecified atom stereocenters. The van der Waals surface area contributed by atoms with E-state index in [1.54, 1.807) is 18.2 Å². The van der Waals surface area contributed by atoms with Crippen LogP contribution in [0.25, 0.3) is 0 Å². The first-order valence-corrected chi connectivity index (χ1v) is 8.12. The molecule has 1 atom stereocenters. The number of benzene rings is 2. The maximum Gasteiger partial charge on any atom is 0.347 e. The van der Waals surface area contributed by atoms with Crippen LogP contribution in [0.2, 0.25) is 5.02 Å². The van der Waals surface area contributed by atoms with Crippen molar-refractivity contribution in [3.8, 4) is 0 Å². The van der Waals surface area contributed by atoms with E-state index in [9.17, 15) is 9.59 Å². The molecule has 0 aliphatic rings. The summed E-state index contributed by atoms with van der Waals surface area (Å²) < 4.78 is 1.26. The van der Waals surface area contributed by atoms with Gasteiger partial charge in [0.05, 0.1) is 6.04 Å². The lowest BCUT2D eigenvalue weighted by Crippen LogP contribution is -2.35. The third-order valence-electron chi connectivity index (χ3n) is 3.74. The topological polar surface area (TPSA) is 64.0 Å². The summed E-state index contributed by atoms with van der Waals surface area (Å²) in [7, 11) is 0. The van der Waals surface area contributed by atoms with Crippen LogP contribution >= 0.6 is 11.6 Å². The van der Waals surface area contributed by atoms with E-state index in [2.05, 4.69) is 10.3 Å². The largest absolute Gasteiger partial charge is 0.347 e. The smallest absolute Gasteiger partial charge is 0.344 e. The van der Waals surface area contributed by atoms with Crippen molar-refractivity contribution in [3.05, 3.63) is 99.7 Å². The molecule has 1 aromatic heterocycles. The van der Waals surface area contributed by atoms with Gasteiger partial charge in [-0.3, -0.25) is 9.36 Å². The Balaban J connectivity index is 1.85. The SMILES string of the molecule is O=C(Cn1cccnc1=O)NC(c1ccccc1)c1ccc(Cl)cc1. The van der Waals surface area contributed by atoms with Crippen LogP contribution < -0.4 is 11.0 Å². The molecular formula is C19H16ClN3O2. The Morgan fingerprint density at radius 2 is 1.72 bits per heavy atom. The second kappa shape index (κ2) is 7.77. The van der Waals surface area contributed by atoms with Crippen molar-refractivity contribution in [2.24, 2.45) is 0 Å². The first kappa shape index (κ1) is 16.9. The fraction of sp³-hybridized carbons (Fsp3) is 0.105. The number of carbonyl (C=O) groups excluding carboxylic acids is 1. The zero-order valence-electron chi connectivity index (χ0n) is 13.3. The molecule has 0 saturated carbocycles. The first-order chi connectivity index (χ1) is 12.1. The molecule has 1 heterocycles. The summed E-state index contributed by atoms with van der Waals surface area (Å²) in [5, 5.41) is 3.60. The molecule has 6 heteroatoms. The summed E-state index contributed by atoms with van der Waals surface area (Å²) in [6, 6.07) is 18.2. The van der Waals surface area contributed by atoms with Gasteiger partial charge in [-0.15, -0.1) is 0 Å². The quantitative estimate of drug-likeness (QED) is 0.767. The van der Waals surface area contributed by atoms with Crippen LogP contribution in [0.3, 0.4) is 0 Å². The molecule has 0 radical (unpaired) electrons. The summed E-state index contributed by atoms with van der Waals surface area (Å²) in [5.74, 6) is -0.279. The van der Waals surface area contributed by atoms with Gasteiger partial charge in [0.25, 0.3) is 0 Å². The summed E-state index contributed by atoms with van der Waals surface area (Å²) in [5.41, 5.74) is 1.39. The average Bonchev–Trinajstić information content (AvgIpc) is 2.63. The summed E-state index contributed by atoms with van der Waals surface area (Å²) in [6.45, 7) is -0.0937. The molecule has 3 aromatic rings. The predicted molar refractivity (Wildman–Crippen MR) is 96.4 cm³/mol. The van der Waals surface area contributed by atoms with Crippen molar-refractivity contribution >= 4 is 17.5 Å². The van der Waals surface area contributed by atoms with Gasteiger partial charge in [0, 0.05) is 17.4 Å². The van der Waals surface area contributed by atoms with Gasteiger partial charge < -0.3 is 5.32 Å². The van der Waals surface area contributed by atoms with Gasteiger partial charge in [-0.1, -0.05) is 54.1 Å². The van der Waals surface area contributed by atoms with Gasteiger partial charge >= 0.3 is 5.69 Å². The fourth-order valence-corrected chi connectivity index (χ4v) is 2.65. The third-order valence-corrected chi connectivity index (χ3v) is 3.99. The molecule has 0 spiro atoms. The fourth-order valence-electron chi connectivity index (χ4n) is 2.53. The maximum atomic E-state index is 12.5. The zero-order valence-corrected chi connectivity index (χ0v) is 14.1. The summed E-state index contributed by atoms with van der Waals surface area (Å²) in [4.78, 5) is 27.8.